The van der Waals surface area contributed by atoms with Gasteiger partial charge in [-0.15, -0.1) is 0 Å². The SMILES string of the molecule is CCC(C)C(O)CNCc1ccc(Br)cc1. The van der Waals surface area contributed by atoms with Gasteiger partial charge in [0.15, 0.2) is 0 Å². The molecular weight excluding hydrogens is 266 g/mol. The fourth-order valence-corrected chi connectivity index (χ4v) is 1.70. The molecule has 0 aliphatic heterocycles. The molecule has 0 saturated carbocycles. The summed E-state index contributed by atoms with van der Waals surface area (Å²) < 4.78 is 1.09. The van der Waals surface area contributed by atoms with E-state index in [9.17, 15) is 5.11 Å². The normalized spacial score (nSPS) is 14.8. The van der Waals surface area contributed by atoms with Crippen molar-refractivity contribution < 1.29 is 5.11 Å². The molecule has 0 saturated heterocycles. The van der Waals surface area contributed by atoms with Crippen molar-refractivity contribution in [1.29, 1.82) is 0 Å². The Bertz CT molecular complexity index is 299. The van der Waals surface area contributed by atoms with Crippen molar-refractivity contribution in [3.8, 4) is 0 Å². The molecule has 0 amide bonds. The molecule has 90 valence electrons. The number of halogens is 1. The highest BCUT2D eigenvalue weighted by Crippen LogP contribution is 2.10. The van der Waals surface area contributed by atoms with Gasteiger partial charge in [0.05, 0.1) is 6.10 Å². The second-order valence-corrected chi connectivity index (χ2v) is 5.13. The number of rotatable bonds is 6. The van der Waals surface area contributed by atoms with E-state index in [0.29, 0.717) is 12.5 Å². The number of hydrogen-bond acceptors (Lipinski definition) is 2. The molecule has 2 N–H and O–H groups in total. The lowest BCUT2D eigenvalue weighted by Crippen LogP contribution is -2.31. The fourth-order valence-electron chi connectivity index (χ4n) is 1.44. The van der Waals surface area contributed by atoms with E-state index >= 15 is 0 Å². The molecule has 1 aromatic rings. The molecule has 0 aliphatic carbocycles. The van der Waals surface area contributed by atoms with E-state index in [1.165, 1.54) is 5.56 Å². The van der Waals surface area contributed by atoms with Gasteiger partial charge in [0.25, 0.3) is 0 Å². The summed E-state index contributed by atoms with van der Waals surface area (Å²) in [4.78, 5) is 0. The van der Waals surface area contributed by atoms with Gasteiger partial charge >= 0.3 is 0 Å². The Balaban J connectivity index is 2.27. The lowest BCUT2D eigenvalue weighted by atomic mass is 10.0. The van der Waals surface area contributed by atoms with Crippen molar-refractivity contribution in [1.82, 2.24) is 5.32 Å². The van der Waals surface area contributed by atoms with Gasteiger partial charge in [0.2, 0.25) is 0 Å². The predicted molar refractivity (Wildman–Crippen MR) is 71.3 cm³/mol. The highest BCUT2D eigenvalue weighted by atomic mass is 79.9. The molecule has 0 bridgehead atoms. The van der Waals surface area contributed by atoms with Crippen molar-refractivity contribution >= 4 is 15.9 Å². The Morgan fingerprint density at radius 2 is 1.94 bits per heavy atom. The first kappa shape index (κ1) is 13.7. The summed E-state index contributed by atoms with van der Waals surface area (Å²) in [5, 5.41) is 13.0. The van der Waals surface area contributed by atoms with Crippen molar-refractivity contribution in [3.05, 3.63) is 34.3 Å². The van der Waals surface area contributed by atoms with E-state index in [0.717, 1.165) is 17.4 Å². The number of aliphatic hydroxyl groups excluding tert-OH is 1. The van der Waals surface area contributed by atoms with Crippen LogP contribution in [0, 0.1) is 5.92 Å². The smallest absolute Gasteiger partial charge is 0.0690 e. The quantitative estimate of drug-likeness (QED) is 0.842. The minimum Gasteiger partial charge on any atom is -0.392 e. The molecule has 16 heavy (non-hydrogen) atoms. The van der Waals surface area contributed by atoms with Crippen LogP contribution in [-0.2, 0) is 6.54 Å². The lowest BCUT2D eigenvalue weighted by Gasteiger charge is -2.17. The molecule has 2 unspecified atom stereocenters. The Hall–Kier alpha value is -0.380. The van der Waals surface area contributed by atoms with Gasteiger partial charge in [-0.25, -0.2) is 0 Å². The van der Waals surface area contributed by atoms with Gasteiger partial charge < -0.3 is 10.4 Å². The number of nitrogens with one attached hydrogen (secondary N) is 1. The highest BCUT2D eigenvalue weighted by Gasteiger charge is 2.10. The van der Waals surface area contributed by atoms with Gasteiger partial charge in [-0.2, -0.15) is 0 Å². The average Bonchev–Trinajstić information content (AvgIpc) is 2.30. The molecule has 0 radical (unpaired) electrons. The monoisotopic (exact) mass is 285 g/mol. The van der Waals surface area contributed by atoms with Crippen molar-refractivity contribution in [2.75, 3.05) is 6.54 Å². The van der Waals surface area contributed by atoms with Crippen LogP contribution in [0.5, 0.6) is 0 Å². The number of hydrogen-bond donors (Lipinski definition) is 2. The van der Waals surface area contributed by atoms with Crippen LogP contribution in [0.15, 0.2) is 28.7 Å². The molecular formula is C13H20BrNO. The zero-order valence-electron chi connectivity index (χ0n) is 9.91. The molecule has 0 spiro atoms. The van der Waals surface area contributed by atoms with E-state index in [2.05, 4.69) is 47.2 Å². The van der Waals surface area contributed by atoms with Crippen LogP contribution in [0.2, 0.25) is 0 Å². The summed E-state index contributed by atoms with van der Waals surface area (Å²) in [6.45, 7) is 5.64. The molecule has 0 aromatic heterocycles. The van der Waals surface area contributed by atoms with Gasteiger partial charge in [-0.1, -0.05) is 48.3 Å². The second-order valence-electron chi connectivity index (χ2n) is 4.21. The Labute approximate surface area is 106 Å². The Morgan fingerprint density at radius 1 is 1.31 bits per heavy atom. The Morgan fingerprint density at radius 3 is 2.50 bits per heavy atom. The largest absolute Gasteiger partial charge is 0.392 e. The predicted octanol–water partition coefficient (Wildman–Crippen LogP) is 2.95. The molecule has 3 heteroatoms. The maximum Gasteiger partial charge on any atom is 0.0690 e. The maximum absolute atomic E-state index is 9.77. The molecule has 1 rings (SSSR count). The number of aliphatic hydroxyl groups is 1. The van der Waals surface area contributed by atoms with Crippen LogP contribution in [0.1, 0.15) is 25.8 Å². The summed E-state index contributed by atoms with van der Waals surface area (Å²) in [5.41, 5.74) is 1.24. The zero-order chi connectivity index (χ0) is 12.0. The highest BCUT2D eigenvalue weighted by molar-refractivity contribution is 9.10. The summed E-state index contributed by atoms with van der Waals surface area (Å²) in [7, 11) is 0. The minimum absolute atomic E-state index is 0.250. The van der Waals surface area contributed by atoms with Gasteiger partial charge in [-0.05, 0) is 23.6 Å². The van der Waals surface area contributed by atoms with E-state index in [1.54, 1.807) is 0 Å². The van der Waals surface area contributed by atoms with E-state index < -0.39 is 0 Å². The third-order valence-electron chi connectivity index (χ3n) is 2.90. The molecule has 0 heterocycles. The molecule has 2 atom stereocenters. The van der Waals surface area contributed by atoms with Gasteiger partial charge in [0, 0.05) is 17.6 Å². The van der Waals surface area contributed by atoms with Crippen LogP contribution >= 0.6 is 15.9 Å². The number of benzene rings is 1. The lowest BCUT2D eigenvalue weighted by molar-refractivity contribution is 0.113. The summed E-state index contributed by atoms with van der Waals surface area (Å²) in [5.74, 6) is 0.359. The van der Waals surface area contributed by atoms with Crippen LogP contribution in [0.3, 0.4) is 0 Å². The van der Waals surface area contributed by atoms with Crippen molar-refractivity contribution in [2.24, 2.45) is 5.92 Å². The van der Waals surface area contributed by atoms with E-state index in [1.807, 2.05) is 12.1 Å². The van der Waals surface area contributed by atoms with E-state index in [4.69, 9.17) is 0 Å². The molecule has 0 aliphatic rings. The third kappa shape index (κ3) is 4.64. The third-order valence-corrected chi connectivity index (χ3v) is 3.43. The minimum atomic E-state index is -0.250. The van der Waals surface area contributed by atoms with Gasteiger partial charge in [-0.3, -0.25) is 0 Å². The van der Waals surface area contributed by atoms with Crippen molar-refractivity contribution in [2.45, 2.75) is 32.9 Å². The summed E-state index contributed by atoms with van der Waals surface area (Å²) >= 11 is 3.40. The maximum atomic E-state index is 9.77. The Kier molecular flexibility index (Phi) is 6.03. The molecule has 0 fully saturated rings. The summed E-state index contributed by atoms with van der Waals surface area (Å²) in [6.07, 6.45) is 0.765. The van der Waals surface area contributed by atoms with E-state index in [-0.39, 0.29) is 6.10 Å². The van der Waals surface area contributed by atoms with Crippen LogP contribution < -0.4 is 5.32 Å². The first-order valence-electron chi connectivity index (χ1n) is 5.76. The first-order chi connectivity index (χ1) is 7.63. The summed E-state index contributed by atoms with van der Waals surface area (Å²) in [6, 6.07) is 8.21. The fraction of sp³-hybridized carbons (Fsp3) is 0.538. The topological polar surface area (TPSA) is 32.3 Å². The van der Waals surface area contributed by atoms with Crippen molar-refractivity contribution in [3.63, 3.8) is 0 Å². The molecule has 1 aromatic carbocycles. The molecule has 2 nitrogen and oxygen atoms in total. The first-order valence-corrected chi connectivity index (χ1v) is 6.56. The van der Waals surface area contributed by atoms with Crippen LogP contribution in [-0.4, -0.2) is 17.8 Å². The second kappa shape index (κ2) is 7.05. The zero-order valence-corrected chi connectivity index (χ0v) is 11.5. The van der Waals surface area contributed by atoms with Gasteiger partial charge in [0.1, 0.15) is 0 Å². The van der Waals surface area contributed by atoms with Crippen LogP contribution in [0.4, 0.5) is 0 Å². The average molecular weight is 286 g/mol. The van der Waals surface area contributed by atoms with Crippen LogP contribution in [0.25, 0.3) is 0 Å². The standard InChI is InChI=1S/C13H20BrNO/c1-3-10(2)13(16)9-15-8-11-4-6-12(14)7-5-11/h4-7,10,13,15-16H,3,8-9H2,1-2H3.